The van der Waals surface area contributed by atoms with Crippen LogP contribution < -0.4 is 11.1 Å². The monoisotopic (exact) mass is 241 g/mol. The van der Waals surface area contributed by atoms with E-state index in [1.807, 2.05) is 0 Å². The van der Waals surface area contributed by atoms with E-state index in [-0.39, 0.29) is 0 Å². The van der Waals surface area contributed by atoms with E-state index in [9.17, 15) is 0 Å². The first-order chi connectivity index (χ1) is 7.86. The quantitative estimate of drug-likeness (QED) is 0.741. The van der Waals surface area contributed by atoms with Crippen molar-refractivity contribution in [1.82, 2.24) is 10.2 Å². The Hall–Kier alpha value is -0.120. The smallest absolute Gasteiger partial charge is 0.0213 e. The summed E-state index contributed by atoms with van der Waals surface area (Å²) in [6, 6.07) is 0.452. The highest BCUT2D eigenvalue weighted by Crippen LogP contribution is 2.33. The fourth-order valence-electron chi connectivity index (χ4n) is 2.70. The van der Waals surface area contributed by atoms with Crippen LogP contribution in [0.5, 0.6) is 0 Å². The number of rotatable bonds is 6. The van der Waals surface area contributed by atoms with Crippen molar-refractivity contribution in [3.05, 3.63) is 0 Å². The van der Waals surface area contributed by atoms with Crippen LogP contribution in [0.1, 0.15) is 34.1 Å². The van der Waals surface area contributed by atoms with Gasteiger partial charge in [-0.05, 0) is 37.3 Å². The molecule has 2 atom stereocenters. The molecule has 0 amide bonds. The standard InChI is InChI=1S/C14H31N3/c1-11(2)13(8-15)16-10-14(3,4)12-6-7-17(5)9-12/h11-13,16H,6-10,15H2,1-5H3. The van der Waals surface area contributed by atoms with Crippen LogP contribution in [0, 0.1) is 17.3 Å². The summed E-state index contributed by atoms with van der Waals surface area (Å²) in [6.45, 7) is 13.5. The van der Waals surface area contributed by atoms with Gasteiger partial charge in [-0.1, -0.05) is 27.7 Å². The van der Waals surface area contributed by atoms with E-state index in [1.54, 1.807) is 0 Å². The van der Waals surface area contributed by atoms with Crippen LogP contribution in [0.2, 0.25) is 0 Å². The van der Waals surface area contributed by atoms with Crippen LogP contribution in [0.3, 0.4) is 0 Å². The minimum Gasteiger partial charge on any atom is -0.329 e. The van der Waals surface area contributed by atoms with Crippen LogP contribution in [0.4, 0.5) is 0 Å². The van der Waals surface area contributed by atoms with E-state index in [4.69, 9.17) is 5.73 Å². The molecule has 0 spiro atoms. The topological polar surface area (TPSA) is 41.3 Å². The second-order valence-corrected chi connectivity index (χ2v) is 6.70. The molecule has 3 N–H and O–H groups in total. The fraction of sp³-hybridized carbons (Fsp3) is 1.00. The third kappa shape index (κ3) is 4.23. The molecule has 1 aliphatic heterocycles. The molecular weight excluding hydrogens is 210 g/mol. The van der Waals surface area contributed by atoms with Crippen LogP contribution in [-0.2, 0) is 0 Å². The molecule has 1 saturated heterocycles. The first kappa shape index (κ1) is 14.9. The molecule has 1 rings (SSSR count). The highest BCUT2D eigenvalue weighted by atomic mass is 15.1. The molecule has 102 valence electrons. The zero-order valence-corrected chi connectivity index (χ0v) is 12.3. The van der Waals surface area contributed by atoms with Crippen molar-refractivity contribution in [2.75, 3.05) is 33.2 Å². The van der Waals surface area contributed by atoms with Gasteiger partial charge >= 0.3 is 0 Å². The predicted octanol–water partition coefficient (Wildman–Crippen LogP) is 1.54. The van der Waals surface area contributed by atoms with Gasteiger partial charge in [-0.25, -0.2) is 0 Å². The van der Waals surface area contributed by atoms with E-state index in [0.29, 0.717) is 17.4 Å². The van der Waals surface area contributed by atoms with Crippen LogP contribution in [0.15, 0.2) is 0 Å². The van der Waals surface area contributed by atoms with Crippen LogP contribution >= 0.6 is 0 Å². The Morgan fingerprint density at radius 1 is 1.41 bits per heavy atom. The average molecular weight is 241 g/mol. The van der Waals surface area contributed by atoms with Crippen molar-refractivity contribution in [3.63, 3.8) is 0 Å². The molecule has 1 heterocycles. The maximum absolute atomic E-state index is 5.81. The molecule has 3 nitrogen and oxygen atoms in total. The first-order valence-electron chi connectivity index (χ1n) is 6.99. The Morgan fingerprint density at radius 2 is 2.06 bits per heavy atom. The zero-order valence-electron chi connectivity index (χ0n) is 12.3. The fourth-order valence-corrected chi connectivity index (χ4v) is 2.70. The minimum absolute atomic E-state index is 0.368. The highest BCUT2D eigenvalue weighted by Gasteiger charge is 2.34. The molecule has 0 aromatic carbocycles. The Morgan fingerprint density at radius 3 is 2.47 bits per heavy atom. The van der Waals surface area contributed by atoms with Gasteiger partial charge < -0.3 is 16.0 Å². The maximum Gasteiger partial charge on any atom is 0.0213 e. The summed E-state index contributed by atoms with van der Waals surface area (Å²) in [5.74, 6) is 1.42. The van der Waals surface area contributed by atoms with Gasteiger partial charge in [-0.3, -0.25) is 0 Å². The zero-order chi connectivity index (χ0) is 13.1. The molecule has 0 aromatic heterocycles. The van der Waals surface area contributed by atoms with E-state index in [0.717, 1.165) is 19.0 Å². The van der Waals surface area contributed by atoms with Gasteiger partial charge in [0.1, 0.15) is 0 Å². The number of hydrogen-bond acceptors (Lipinski definition) is 3. The number of nitrogens with two attached hydrogens (primary N) is 1. The second kappa shape index (κ2) is 6.17. The van der Waals surface area contributed by atoms with Crippen LogP contribution in [0.25, 0.3) is 0 Å². The van der Waals surface area contributed by atoms with Crippen molar-refractivity contribution >= 4 is 0 Å². The van der Waals surface area contributed by atoms with E-state index in [2.05, 4.69) is 45.0 Å². The van der Waals surface area contributed by atoms with Crippen molar-refractivity contribution < 1.29 is 0 Å². The average Bonchev–Trinajstić information content (AvgIpc) is 2.66. The third-order valence-corrected chi connectivity index (χ3v) is 4.38. The van der Waals surface area contributed by atoms with E-state index in [1.165, 1.54) is 19.5 Å². The summed E-state index contributed by atoms with van der Waals surface area (Å²) < 4.78 is 0. The van der Waals surface area contributed by atoms with Gasteiger partial charge in [0, 0.05) is 25.7 Å². The molecule has 0 aromatic rings. The Kier molecular flexibility index (Phi) is 5.42. The lowest BCUT2D eigenvalue weighted by Gasteiger charge is -2.34. The Balaban J connectivity index is 2.43. The summed E-state index contributed by atoms with van der Waals surface area (Å²) in [5.41, 5.74) is 6.18. The lowest BCUT2D eigenvalue weighted by molar-refractivity contribution is 0.193. The van der Waals surface area contributed by atoms with Gasteiger partial charge in [0.2, 0.25) is 0 Å². The summed E-state index contributed by atoms with van der Waals surface area (Å²) in [7, 11) is 2.22. The van der Waals surface area contributed by atoms with Gasteiger partial charge in [0.25, 0.3) is 0 Å². The van der Waals surface area contributed by atoms with Crippen molar-refractivity contribution in [2.45, 2.75) is 40.2 Å². The SMILES string of the molecule is CC(C)C(CN)NCC(C)(C)C1CCN(C)C1. The van der Waals surface area contributed by atoms with Crippen molar-refractivity contribution in [1.29, 1.82) is 0 Å². The molecule has 1 aliphatic rings. The predicted molar refractivity (Wildman–Crippen MR) is 75.1 cm³/mol. The molecule has 0 saturated carbocycles. The third-order valence-electron chi connectivity index (χ3n) is 4.38. The molecule has 0 bridgehead atoms. The molecular formula is C14H31N3. The maximum atomic E-state index is 5.81. The van der Waals surface area contributed by atoms with Gasteiger partial charge in [-0.2, -0.15) is 0 Å². The summed E-state index contributed by atoms with van der Waals surface area (Å²) in [4.78, 5) is 2.44. The van der Waals surface area contributed by atoms with Gasteiger partial charge in [0.05, 0.1) is 0 Å². The molecule has 3 heteroatoms. The van der Waals surface area contributed by atoms with Crippen LogP contribution in [-0.4, -0.2) is 44.2 Å². The van der Waals surface area contributed by atoms with E-state index < -0.39 is 0 Å². The molecule has 1 fully saturated rings. The number of likely N-dealkylation sites (tertiary alicyclic amines) is 1. The lowest BCUT2D eigenvalue weighted by Crippen LogP contribution is -2.46. The Bertz CT molecular complexity index is 226. The highest BCUT2D eigenvalue weighted by molar-refractivity contribution is 4.88. The minimum atomic E-state index is 0.368. The summed E-state index contributed by atoms with van der Waals surface area (Å²) >= 11 is 0. The molecule has 17 heavy (non-hydrogen) atoms. The second-order valence-electron chi connectivity index (χ2n) is 6.70. The number of nitrogens with one attached hydrogen (secondary N) is 1. The van der Waals surface area contributed by atoms with Crippen molar-refractivity contribution in [3.8, 4) is 0 Å². The van der Waals surface area contributed by atoms with E-state index >= 15 is 0 Å². The lowest BCUT2D eigenvalue weighted by atomic mass is 9.78. The first-order valence-corrected chi connectivity index (χ1v) is 6.99. The van der Waals surface area contributed by atoms with Gasteiger partial charge in [0.15, 0.2) is 0 Å². The Labute approximate surface area is 107 Å². The molecule has 2 unspecified atom stereocenters. The summed E-state index contributed by atoms with van der Waals surface area (Å²) in [5, 5.41) is 3.66. The number of hydrogen-bond donors (Lipinski definition) is 2. The number of nitrogens with zero attached hydrogens (tertiary/aromatic N) is 1. The normalized spacial score (nSPS) is 24.5. The van der Waals surface area contributed by atoms with Crippen molar-refractivity contribution in [2.24, 2.45) is 23.0 Å². The molecule has 0 radical (unpaired) electrons. The summed E-state index contributed by atoms with van der Waals surface area (Å²) in [6.07, 6.45) is 1.33. The van der Waals surface area contributed by atoms with Gasteiger partial charge in [-0.15, -0.1) is 0 Å². The largest absolute Gasteiger partial charge is 0.329 e. The molecule has 0 aliphatic carbocycles.